The summed E-state index contributed by atoms with van der Waals surface area (Å²) in [5.74, 6) is 1.30. The highest BCUT2D eigenvalue weighted by molar-refractivity contribution is 6.35. The van der Waals surface area contributed by atoms with Crippen LogP contribution < -0.4 is 19.5 Å². The average molecular weight is 801 g/mol. The second-order valence-electron chi connectivity index (χ2n) is 13.9. The first-order chi connectivity index (χ1) is 27.2. The molecule has 8 rings (SSSR count). The summed E-state index contributed by atoms with van der Waals surface area (Å²) in [6.45, 7) is 3.01. The molecule has 2 aromatic heterocycles. The Balaban J connectivity index is 1.05. The first kappa shape index (κ1) is 39.0. The van der Waals surface area contributed by atoms with Crippen LogP contribution in [0.15, 0.2) is 91.3 Å². The van der Waals surface area contributed by atoms with Crippen LogP contribution in [-0.2, 0) is 29.5 Å². The second kappa shape index (κ2) is 17.7. The summed E-state index contributed by atoms with van der Waals surface area (Å²) in [6, 6.07) is 23.7. The number of alkyl carbamates (subject to hydrolysis) is 1. The molecule has 1 N–H and O–H groups in total. The Morgan fingerprint density at radius 2 is 1.61 bits per heavy atom. The highest BCUT2D eigenvalue weighted by atomic mass is 35.5. The van der Waals surface area contributed by atoms with Crippen molar-refractivity contribution < 1.29 is 33.3 Å². The molecule has 292 valence electrons. The number of nitrogens with zero attached hydrogens (tertiary/aromatic N) is 4. The average Bonchev–Trinajstić information content (AvgIpc) is 3.60. The third-order valence-corrected chi connectivity index (χ3v) is 11.0. The topological polar surface area (TPSA) is 126 Å². The number of fused-ring (bicyclic) bond motifs is 3. The maximum absolute atomic E-state index is 13.7. The third-order valence-electron chi connectivity index (χ3n) is 10.4. The number of hydrogen-bond acceptors (Lipinski definition) is 10. The van der Waals surface area contributed by atoms with Crippen LogP contribution in [0.1, 0.15) is 63.4 Å². The minimum absolute atomic E-state index is 0.0899. The van der Waals surface area contributed by atoms with Crippen LogP contribution in [0.4, 0.5) is 4.79 Å². The number of aryl methyl sites for hydroxylation is 1. The van der Waals surface area contributed by atoms with Crippen LogP contribution in [0.25, 0.3) is 0 Å². The number of esters is 1. The molecule has 0 spiro atoms. The van der Waals surface area contributed by atoms with E-state index in [0.717, 1.165) is 43.6 Å². The fourth-order valence-electron chi connectivity index (χ4n) is 7.31. The van der Waals surface area contributed by atoms with E-state index in [0.29, 0.717) is 50.0 Å². The molecule has 3 fully saturated rings. The summed E-state index contributed by atoms with van der Waals surface area (Å²) in [6.07, 6.45) is 3.87. The van der Waals surface area contributed by atoms with Gasteiger partial charge in [0.15, 0.2) is 17.2 Å². The normalized spacial score (nSPS) is 18.4. The van der Waals surface area contributed by atoms with Gasteiger partial charge < -0.3 is 29.0 Å². The van der Waals surface area contributed by atoms with E-state index in [1.807, 2.05) is 54.6 Å². The van der Waals surface area contributed by atoms with Crippen molar-refractivity contribution in [3.63, 3.8) is 0 Å². The van der Waals surface area contributed by atoms with Crippen molar-refractivity contribution in [3.8, 4) is 17.2 Å². The maximum atomic E-state index is 13.7. The number of halogens is 2. The number of piperidine rings is 3. The number of aromatic nitrogens is 3. The van der Waals surface area contributed by atoms with Crippen molar-refractivity contribution in [3.05, 3.63) is 135 Å². The van der Waals surface area contributed by atoms with Crippen molar-refractivity contribution in [1.82, 2.24) is 25.0 Å². The van der Waals surface area contributed by atoms with Gasteiger partial charge in [0.2, 0.25) is 0 Å². The Labute approximate surface area is 335 Å². The summed E-state index contributed by atoms with van der Waals surface area (Å²) in [5, 5.41) is 8.24. The van der Waals surface area contributed by atoms with Crippen LogP contribution >= 0.6 is 23.2 Å². The number of rotatable bonds is 14. The molecule has 3 aliphatic heterocycles. The van der Waals surface area contributed by atoms with Crippen LogP contribution in [0.2, 0.25) is 10.0 Å². The van der Waals surface area contributed by atoms with E-state index in [1.165, 1.54) is 19.5 Å². The van der Waals surface area contributed by atoms with Crippen molar-refractivity contribution in [1.29, 1.82) is 0 Å². The predicted octanol–water partition coefficient (Wildman–Crippen LogP) is 7.77. The Morgan fingerprint density at radius 3 is 2.30 bits per heavy atom. The van der Waals surface area contributed by atoms with E-state index in [-0.39, 0.29) is 24.8 Å². The molecule has 56 heavy (non-hydrogen) atoms. The lowest BCUT2D eigenvalue weighted by molar-refractivity contribution is -0.0336. The molecule has 5 aromatic rings. The number of methoxy groups -OCH3 is 2. The third kappa shape index (κ3) is 9.04. The number of hydrogen-bond donors (Lipinski definition) is 1. The lowest BCUT2D eigenvalue weighted by Gasteiger charge is -2.43. The van der Waals surface area contributed by atoms with Crippen molar-refractivity contribution >= 4 is 35.3 Å². The van der Waals surface area contributed by atoms with Gasteiger partial charge in [0.25, 0.3) is 0 Å². The van der Waals surface area contributed by atoms with Crippen molar-refractivity contribution in [2.45, 2.75) is 44.1 Å². The van der Waals surface area contributed by atoms with Gasteiger partial charge in [-0.1, -0.05) is 71.7 Å². The Kier molecular flexibility index (Phi) is 12.3. The molecule has 5 heterocycles. The molecule has 1 amide bonds. The molecule has 3 saturated heterocycles. The van der Waals surface area contributed by atoms with Gasteiger partial charge in [0, 0.05) is 32.4 Å². The molecule has 3 aliphatic rings. The number of carbonyl (C=O) groups excluding carboxylic acids is 2. The Hall–Kier alpha value is -5.30. The van der Waals surface area contributed by atoms with Crippen LogP contribution in [0, 0.1) is 5.92 Å². The van der Waals surface area contributed by atoms with E-state index < -0.39 is 24.2 Å². The predicted molar refractivity (Wildman–Crippen MR) is 210 cm³/mol. The molecular formula is C42H43Cl2N5O7. The molecule has 3 aromatic carbocycles. The Morgan fingerprint density at radius 1 is 0.875 bits per heavy atom. The molecular weight excluding hydrogens is 757 g/mol. The molecule has 0 aliphatic carbocycles. The van der Waals surface area contributed by atoms with Crippen molar-refractivity contribution in [2.75, 3.05) is 33.9 Å². The summed E-state index contributed by atoms with van der Waals surface area (Å²) >= 11 is 12.9. The monoisotopic (exact) mass is 799 g/mol. The van der Waals surface area contributed by atoms with Crippen LogP contribution in [0.3, 0.4) is 0 Å². The van der Waals surface area contributed by atoms with Gasteiger partial charge in [0.05, 0.1) is 36.0 Å². The number of ether oxygens (including phenoxy) is 5. The molecule has 12 nitrogen and oxygen atoms in total. The standard InChI is InChI=1S/C42H43Cl2N5O7/c1-48-30(20-35(47-48)41(50)55-37(21-32-33(43)22-45-23-34(32)44)28-12-13-36(52-2)38(19-28)53-3)25-54-31-11-7-10-29(18-31)40(27-8-5-4-6-9-27)46-42(51)56-39-24-49-16-14-26(39)15-17-49/h4-13,18-20,22-23,26,37,39-40H,14-17,21,24-25H2,1-3H3,(H,46,51)/t37-,39-,40-/m0/s1. The zero-order valence-corrected chi connectivity index (χ0v) is 32.8. The van der Waals surface area contributed by atoms with Gasteiger partial charge in [-0.05, 0) is 84.4 Å². The zero-order valence-electron chi connectivity index (χ0n) is 31.3. The van der Waals surface area contributed by atoms with Gasteiger partial charge in [-0.3, -0.25) is 14.6 Å². The molecule has 3 atom stereocenters. The Bertz CT molecular complexity index is 2140. The number of carbonyl (C=O) groups is 2. The summed E-state index contributed by atoms with van der Waals surface area (Å²) in [5.41, 5.74) is 3.66. The minimum Gasteiger partial charge on any atom is -0.493 e. The van der Waals surface area contributed by atoms with Gasteiger partial charge in [0.1, 0.15) is 24.6 Å². The van der Waals surface area contributed by atoms with Crippen LogP contribution in [-0.4, -0.2) is 71.7 Å². The van der Waals surface area contributed by atoms with Gasteiger partial charge in [-0.2, -0.15) is 5.10 Å². The van der Waals surface area contributed by atoms with E-state index in [9.17, 15) is 9.59 Å². The van der Waals surface area contributed by atoms with Gasteiger partial charge in [-0.15, -0.1) is 0 Å². The van der Waals surface area contributed by atoms with E-state index in [4.69, 9.17) is 46.9 Å². The number of pyridine rings is 1. The van der Waals surface area contributed by atoms with E-state index in [1.54, 1.807) is 43.1 Å². The summed E-state index contributed by atoms with van der Waals surface area (Å²) in [4.78, 5) is 33.4. The lowest BCUT2D eigenvalue weighted by atomic mass is 9.86. The number of benzene rings is 3. The fraction of sp³-hybridized carbons (Fsp3) is 0.333. The number of nitrogens with one attached hydrogen (secondary N) is 1. The summed E-state index contributed by atoms with van der Waals surface area (Å²) in [7, 11) is 4.80. The number of amides is 1. The second-order valence-corrected chi connectivity index (χ2v) is 14.7. The first-order valence-corrected chi connectivity index (χ1v) is 19.2. The maximum Gasteiger partial charge on any atom is 0.408 e. The lowest BCUT2D eigenvalue weighted by Crippen LogP contribution is -2.52. The smallest absolute Gasteiger partial charge is 0.408 e. The first-order valence-electron chi connectivity index (χ1n) is 18.4. The zero-order chi connectivity index (χ0) is 39.2. The van der Waals surface area contributed by atoms with E-state index >= 15 is 0 Å². The molecule has 0 saturated carbocycles. The van der Waals surface area contributed by atoms with Crippen molar-refractivity contribution in [2.24, 2.45) is 13.0 Å². The molecule has 2 bridgehead atoms. The molecule has 14 heteroatoms. The highest BCUT2D eigenvalue weighted by Crippen LogP contribution is 2.36. The SMILES string of the molecule is COc1ccc([C@H](Cc2c(Cl)cncc2Cl)OC(=O)c2cc(COc3cccc([C@@H](NC(=O)O[C@H]4CN5CCC4CC5)c4ccccc4)c3)n(C)n2)cc1OC. The van der Waals surface area contributed by atoms with Gasteiger partial charge in [-0.25, -0.2) is 9.59 Å². The minimum atomic E-state index is -0.817. The summed E-state index contributed by atoms with van der Waals surface area (Å²) < 4.78 is 30.8. The van der Waals surface area contributed by atoms with Gasteiger partial charge >= 0.3 is 12.1 Å². The molecule has 0 radical (unpaired) electrons. The molecule has 0 unspecified atom stereocenters. The van der Waals surface area contributed by atoms with E-state index in [2.05, 4.69) is 20.3 Å². The fourth-order valence-corrected chi connectivity index (χ4v) is 7.83. The quantitative estimate of drug-likeness (QED) is 0.111. The largest absolute Gasteiger partial charge is 0.493 e. The van der Waals surface area contributed by atoms with Crippen LogP contribution in [0.5, 0.6) is 17.2 Å². The highest BCUT2D eigenvalue weighted by Gasteiger charge is 2.37.